The van der Waals surface area contributed by atoms with E-state index in [0.717, 1.165) is 12.2 Å². The van der Waals surface area contributed by atoms with Crippen molar-refractivity contribution in [2.24, 2.45) is 4.99 Å². The number of anilines is 1. The van der Waals surface area contributed by atoms with Crippen molar-refractivity contribution in [2.45, 2.75) is 10.9 Å². The number of benzene rings is 3. The van der Waals surface area contributed by atoms with E-state index in [1.165, 1.54) is 21.2 Å². The molecule has 2 N–H and O–H groups in total. The average Bonchev–Trinajstić information content (AvgIpc) is 2.62. The van der Waals surface area contributed by atoms with Crippen molar-refractivity contribution in [3.05, 3.63) is 72.3 Å². The van der Waals surface area contributed by atoms with Crippen LogP contribution in [0.5, 0.6) is 0 Å². The maximum absolute atomic E-state index is 4.71. The molecule has 0 fully saturated rings. The zero-order valence-electron chi connectivity index (χ0n) is 12.6. The predicted molar refractivity (Wildman–Crippen MR) is 99.1 cm³/mol. The topological polar surface area (TPSA) is 36.4 Å². The first kappa shape index (κ1) is 14.3. The van der Waals surface area contributed by atoms with Gasteiger partial charge in [-0.2, -0.15) is 0 Å². The normalized spacial score (nSPS) is 17.3. The predicted octanol–water partition coefficient (Wildman–Crippen LogP) is 4.63. The Morgan fingerprint density at radius 3 is 2.83 bits per heavy atom. The first-order chi connectivity index (χ1) is 11.4. The van der Waals surface area contributed by atoms with Crippen molar-refractivity contribution in [1.29, 1.82) is 0 Å². The van der Waals surface area contributed by atoms with Crippen LogP contribution in [0.3, 0.4) is 0 Å². The van der Waals surface area contributed by atoms with Crippen molar-refractivity contribution in [2.75, 3.05) is 11.9 Å². The number of rotatable bonds is 3. The molecule has 1 unspecified atom stereocenters. The molecule has 3 aromatic carbocycles. The van der Waals surface area contributed by atoms with E-state index in [-0.39, 0.29) is 6.04 Å². The van der Waals surface area contributed by atoms with Crippen LogP contribution in [0.4, 0.5) is 5.69 Å². The van der Waals surface area contributed by atoms with Crippen LogP contribution < -0.4 is 10.0 Å². The third-order valence-electron chi connectivity index (χ3n) is 4.00. The van der Waals surface area contributed by atoms with Gasteiger partial charge in [0, 0.05) is 22.5 Å². The Labute approximate surface area is 140 Å². The van der Waals surface area contributed by atoms with E-state index in [1.54, 1.807) is 11.9 Å². The summed E-state index contributed by atoms with van der Waals surface area (Å²) in [5, 5.41) is 5.78. The Balaban J connectivity index is 1.56. The second-order valence-corrected chi connectivity index (χ2v) is 6.39. The van der Waals surface area contributed by atoms with Crippen LogP contribution in [0.1, 0.15) is 11.6 Å². The molecule has 0 saturated heterocycles. The molecule has 0 bridgehead atoms. The van der Waals surface area contributed by atoms with Crippen LogP contribution in [0, 0.1) is 0 Å². The van der Waals surface area contributed by atoms with Crippen LogP contribution in [-0.2, 0) is 0 Å². The number of nitrogens with one attached hydrogen (secondary N) is 2. The Morgan fingerprint density at radius 1 is 1.00 bits per heavy atom. The molecule has 1 heterocycles. The van der Waals surface area contributed by atoms with E-state index < -0.39 is 0 Å². The SMILES string of the molecule is C(=NC1CNSc2ccccc21)Nc1cccc2ccccc12. The van der Waals surface area contributed by atoms with Gasteiger partial charge in [0.1, 0.15) is 0 Å². The highest BCUT2D eigenvalue weighted by Gasteiger charge is 2.18. The molecule has 1 atom stereocenters. The highest BCUT2D eigenvalue weighted by atomic mass is 32.2. The summed E-state index contributed by atoms with van der Waals surface area (Å²) in [5.41, 5.74) is 2.37. The number of aliphatic imine (C=N–C) groups is 1. The highest BCUT2D eigenvalue weighted by Crippen LogP contribution is 2.32. The molecule has 4 rings (SSSR count). The maximum atomic E-state index is 4.71. The quantitative estimate of drug-likeness (QED) is 0.420. The molecule has 114 valence electrons. The summed E-state index contributed by atoms with van der Waals surface area (Å²) in [7, 11) is 0. The van der Waals surface area contributed by atoms with Crippen LogP contribution in [0.25, 0.3) is 10.8 Å². The summed E-state index contributed by atoms with van der Waals surface area (Å²) in [6, 6.07) is 23.2. The minimum Gasteiger partial charge on any atom is -0.346 e. The van der Waals surface area contributed by atoms with E-state index >= 15 is 0 Å². The van der Waals surface area contributed by atoms with Crippen LogP contribution in [-0.4, -0.2) is 12.9 Å². The Kier molecular flexibility index (Phi) is 4.01. The lowest BCUT2D eigenvalue weighted by atomic mass is 10.1. The van der Waals surface area contributed by atoms with E-state index in [4.69, 9.17) is 4.99 Å². The highest BCUT2D eigenvalue weighted by molar-refractivity contribution is 7.97. The van der Waals surface area contributed by atoms with E-state index in [1.807, 2.05) is 6.34 Å². The lowest BCUT2D eigenvalue weighted by molar-refractivity contribution is 0.685. The van der Waals surface area contributed by atoms with Gasteiger partial charge in [-0.3, -0.25) is 9.71 Å². The first-order valence-electron chi connectivity index (χ1n) is 7.66. The van der Waals surface area contributed by atoms with Gasteiger partial charge in [0.05, 0.1) is 12.4 Å². The molecule has 0 aromatic heterocycles. The monoisotopic (exact) mass is 319 g/mol. The van der Waals surface area contributed by atoms with Gasteiger partial charge in [0.2, 0.25) is 0 Å². The fourth-order valence-electron chi connectivity index (χ4n) is 2.84. The van der Waals surface area contributed by atoms with Crippen molar-refractivity contribution in [3.63, 3.8) is 0 Å². The Morgan fingerprint density at radius 2 is 1.83 bits per heavy atom. The fraction of sp³-hybridized carbons (Fsp3) is 0.105. The van der Waals surface area contributed by atoms with Crippen LogP contribution in [0.15, 0.2) is 76.6 Å². The lowest BCUT2D eigenvalue weighted by Crippen LogP contribution is -2.20. The maximum Gasteiger partial charge on any atom is 0.0911 e. The minimum absolute atomic E-state index is 0.148. The van der Waals surface area contributed by atoms with E-state index in [2.05, 4.69) is 76.8 Å². The number of hydrogen-bond acceptors (Lipinski definition) is 3. The van der Waals surface area contributed by atoms with Crippen LogP contribution >= 0.6 is 11.9 Å². The Bertz CT molecular complexity index is 855. The van der Waals surface area contributed by atoms with Crippen molar-refractivity contribution < 1.29 is 0 Å². The van der Waals surface area contributed by atoms with Gasteiger partial charge < -0.3 is 5.32 Å². The minimum atomic E-state index is 0.148. The summed E-state index contributed by atoms with van der Waals surface area (Å²) >= 11 is 1.68. The van der Waals surface area contributed by atoms with E-state index in [9.17, 15) is 0 Å². The molecule has 4 heteroatoms. The van der Waals surface area contributed by atoms with E-state index in [0.29, 0.717) is 0 Å². The number of nitrogens with zero attached hydrogens (tertiary/aromatic N) is 1. The molecule has 0 amide bonds. The molecular weight excluding hydrogens is 302 g/mol. The average molecular weight is 319 g/mol. The summed E-state index contributed by atoms with van der Waals surface area (Å²) in [4.78, 5) is 5.97. The molecule has 0 aliphatic carbocycles. The third kappa shape index (κ3) is 2.96. The molecule has 3 aromatic rings. The molecule has 1 aliphatic heterocycles. The molecule has 0 saturated carbocycles. The molecule has 1 aliphatic rings. The summed E-state index contributed by atoms with van der Waals surface area (Å²) in [5.74, 6) is 0. The second kappa shape index (κ2) is 6.44. The second-order valence-electron chi connectivity index (χ2n) is 5.45. The number of fused-ring (bicyclic) bond motifs is 2. The molecule has 23 heavy (non-hydrogen) atoms. The van der Waals surface area contributed by atoms with Gasteiger partial charge in [-0.15, -0.1) is 0 Å². The largest absolute Gasteiger partial charge is 0.346 e. The fourth-order valence-corrected chi connectivity index (χ4v) is 3.70. The first-order valence-corrected chi connectivity index (χ1v) is 8.48. The van der Waals surface area contributed by atoms with Gasteiger partial charge in [-0.05, 0) is 35.0 Å². The summed E-state index contributed by atoms with van der Waals surface area (Å²) < 4.78 is 3.34. The third-order valence-corrected chi connectivity index (χ3v) is 4.90. The smallest absolute Gasteiger partial charge is 0.0911 e. The van der Waals surface area contributed by atoms with Gasteiger partial charge >= 0.3 is 0 Å². The summed E-state index contributed by atoms with van der Waals surface area (Å²) in [6.45, 7) is 0.843. The van der Waals surface area contributed by atoms with Gasteiger partial charge in [0.15, 0.2) is 0 Å². The van der Waals surface area contributed by atoms with Crippen molar-refractivity contribution in [3.8, 4) is 0 Å². The molecule has 3 nitrogen and oxygen atoms in total. The molecule has 0 spiro atoms. The Hall–Kier alpha value is -2.30. The standard InChI is InChI=1S/C19H17N3S/c1-2-8-15-14(6-1)7-5-10-17(15)20-13-21-18-12-22-23-19-11-4-3-9-16(18)19/h1-11,13,18,22H,12H2,(H,20,21). The van der Waals surface area contributed by atoms with Gasteiger partial charge in [-0.25, -0.2) is 0 Å². The van der Waals surface area contributed by atoms with Crippen LogP contribution in [0.2, 0.25) is 0 Å². The lowest BCUT2D eigenvalue weighted by Gasteiger charge is -2.22. The van der Waals surface area contributed by atoms with Gasteiger partial charge in [-0.1, -0.05) is 54.6 Å². The molecule has 0 radical (unpaired) electrons. The van der Waals surface area contributed by atoms with Crippen molar-refractivity contribution >= 4 is 34.7 Å². The van der Waals surface area contributed by atoms with Gasteiger partial charge in [0.25, 0.3) is 0 Å². The van der Waals surface area contributed by atoms with Crippen molar-refractivity contribution in [1.82, 2.24) is 4.72 Å². The zero-order chi connectivity index (χ0) is 15.5. The number of hydrogen-bond donors (Lipinski definition) is 2. The molecular formula is C19H17N3S. The summed E-state index contributed by atoms with van der Waals surface area (Å²) in [6.07, 6.45) is 1.82. The zero-order valence-corrected chi connectivity index (χ0v) is 13.4.